The van der Waals surface area contributed by atoms with Gasteiger partial charge in [-0.2, -0.15) is 4.58 Å². The van der Waals surface area contributed by atoms with Gasteiger partial charge in [-0.05, 0) is 46.1 Å². The number of rotatable bonds is 8. The minimum absolute atomic E-state index is 0.0335. The topological polar surface area (TPSA) is 3.01 Å². The molecule has 0 aromatic rings. The molecule has 0 saturated carbocycles. The van der Waals surface area contributed by atoms with Gasteiger partial charge in [0.1, 0.15) is 0 Å². The summed E-state index contributed by atoms with van der Waals surface area (Å²) in [7, 11) is 0. The van der Waals surface area contributed by atoms with E-state index in [2.05, 4.69) is 84.4 Å². The summed E-state index contributed by atoms with van der Waals surface area (Å²) in [5, 5.41) is 0. The number of hydrogen-bond acceptors (Lipinski definition) is 0. The molecule has 1 aliphatic rings. The monoisotopic (exact) mass is 342 g/mol. The molecule has 0 amide bonds. The van der Waals surface area contributed by atoms with E-state index in [0.29, 0.717) is 0 Å². The standard InChI is InChI=1S/C24H40N/c1-10-19(6)23(8,13-4)24(9,14-5)25(20(7)11-2)22-18-16-15-17-21(22)12-3/h12,16,18H,6-7,10-11,13-15,17H2,1-5,8-9H3/q+1. The van der Waals surface area contributed by atoms with Gasteiger partial charge in [0.2, 0.25) is 5.71 Å². The summed E-state index contributed by atoms with van der Waals surface area (Å²) in [5.41, 5.74) is 5.31. The maximum Gasteiger partial charge on any atom is 0.208 e. The Morgan fingerprint density at radius 2 is 1.76 bits per heavy atom. The minimum atomic E-state index is -0.0484. The van der Waals surface area contributed by atoms with Crippen molar-refractivity contribution in [3.63, 3.8) is 0 Å². The van der Waals surface area contributed by atoms with E-state index in [1.54, 1.807) is 0 Å². The summed E-state index contributed by atoms with van der Waals surface area (Å²) >= 11 is 0. The summed E-state index contributed by atoms with van der Waals surface area (Å²) in [6.07, 6.45) is 13.3. The minimum Gasteiger partial charge on any atom is -0.191 e. The van der Waals surface area contributed by atoms with Crippen molar-refractivity contribution in [2.45, 2.75) is 92.5 Å². The smallest absolute Gasteiger partial charge is 0.191 e. The van der Waals surface area contributed by atoms with Crippen LogP contribution in [-0.4, -0.2) is 15.8 Å². The van der Waals surface area contributed by atoms with Gasteiger partial charge in [-0.25, -0.2) is 0 Å². The summed E-state index contributed by atoms with van der Waals surface area (Å²) in [5.74, 6) is 0. The quantitative estimate of drug-likeness (QED) is 0.324. The van der Waals surface area contributed by atoms with Gasteiger partial charge >= 0.3 is 0 Å². The maximum absolute atomic E-state index is 4.48. The normalized spacial score (nSPS) is 23.1. The molecule has 2 atom stereocenters. The molecule has 1 nitrogen and oxygen atoms in total. The third-order valence-corrected chi connectivity index (χ3v) is 6.78. The van der Waals surface area contributed by atoms with Crippen molar-refractivity contribution in [3.05, 3.63) is 48.2 Å². The summed E-state index contributed by atoms with van der Waals surface area (Å²) < 4.78 is 2.56. The Labute approximate surface area is 156 Å². The summed E-state index contributed by atoms with van der Waals surface area (Å²) in [6, 6.07) is 0. The van der Waals surface area contributed by atoms with E-state index >= 15 is 0 Å². The zero-order valence-corrected chi connectivity index (χ0v) is 17.8. The highest BCUT2D eigenvalue weighted by Gasteiger charge is 2.53. The van der Waals surface area contributed by atoms with Crippen LogP contribution in [0.4, 0.5) is 0 Å². The van der Waals surface area contributed by atoms with E-state index in [1.165, 1.54) is 22.6 Å². The lowest BCUT2D eigenvalue weighted by molar-refractivity contribution is -0.582. The van der Waals surface area contributed by atoms with E-state index in [0.717, 1.165) is 38.5 Å². The van der Waals surface area contributed by atoms with Crippen LogP contribution >= 0.6 is 0 Å². The van der Waals surface area contributed by atoms with E-state index in [-0.39, 0.29) is 11.0 Å². The fourth-order valence-corrected chi connectivity index (χ4v) is 4.32. The van der Waals surface area contributed by atoms with Gasteiger partial charge in [0.05, 0.1) is 5.41 Å². The fraction of sp³-hybridized carbons (Fsp3) is 0.625. The second-order valence-electron chi connectivity index (χ2n) is 7.67. The van der Waals surface area contributed by atoms with Crippen LogP contribution in [-0.2, 0) is 0 Å². The molecule has 140 valence electrons. The Morgan fingerprint density at radius 3 is 2.20 bits per heavy atom. The zero-order chi connectivity index (χ0) is 19.3. The van der Waals surface area contributed by atoms with Crippen molar-refractivity contribution >= 4 is 5.71 Å². The van der Waals surface area contributed by atoms with Gasteiger partial charge in [-0.1, -0.05) is 52.0 Å². The first-order valence-electron chi connectivity index (χ1n) is 10.1. The van der Waals surface area contributed by atoms with Crippen LogP contribution in [0.15, 0.2) is 48.2 Å². The van der Waals surface area contributed by atoms with E-state index in [9.17, 15) is 0 Å². The first-order valence-corrected chi connectivity index (χ1v) is 10.1. The second-order valence-corrected chi connectivity index (χ2v) is 7.67. The molecule has 0 aromatic heterocycles. The van der Waals surface area contributed by atoms with Crippen LogP contribution in [0.3, 0.4) is 0 Å². The molecule has 0 bridgehead atoms. The van der Waals surface area contributed by atoms with Crippen LogP contribution in [0, 0.1) is 5.41 Å². The molecule has 0 aromatic carbocycles. The van der Waals surface area contributed by atoms with E-state index in [4.69, 9.17) is 0 Å². The maximum atomic E-state index is 4.48. The molecule has 0 aliphatic heterocycles. The molecular formula is C24H40N+. The van der Waals surface area contributed by atoms with Gasteiger partial charge in [0, 0.05) is 31.4 Å². The Morgan fingerprint density at radius 1 is 1.12 bits per heavy atom. The highest BCUT2D eigenvalue weighted by molar-refractivity contribution is 6.05. The second kappa shape index (κ2) is 8.83. The summed E-state index contributed by atoms with van der Waals surface area (Å²) in [4.78, 5) is 0. The zero-order valence-electron chi connectivity index (χ0n) is 17.8. The third kappa shape index (κ3) is 3.76. The molecule has 1 rings (SSSR count). The molecule has 1 aliphatic carbocycles. The lowest BCUT2D eigenvalue weighted by atomic mass is 9.63. The highest BCUT2D eigenvalue weighted by atomic mass is 15.1. The van der Waals surface area contributed by atoms with Crippen molar-refractivity contribution in [1.29, 1.82) is 0 Å². The van der Waals surface area contributed by atoms with E-state index < -0.39 is 0 Å². The molecule has 1 heteroatoms. The Hall–Kier alpha value is -1.37. The average Bonchev–Trinajstić information content (AvgIpc) is 2.66. The van der Waals surface area contributed by atoms with Gasteiger partial charge in [0.25, 0.3) is 0 Å². The molecular weight excluding hydrogens is 302 g/mol. The van der Waals surface area contributed by atoms with Crippen molar-refractivity contribution in [2.75, 3.05) is 0 Å². The van der Waals surface area contributed by atoms with Gasteiger partial charge in [-0.3, -0.25) is 0 Å². The van der Waals surface area contributed by atoms with Crippen LogP contribution in [0.1, 0.15) is 87.0 Å². The van der Waals surface area contributed by atoms with Crippen molar-refractivity contribution < 1.29 is 4.58 Å². The number of allylic oxidation sites excluding steroid dienone is 5. The Kier molecular flexibility index (Phi) is 7.65. The first kappa shape index (κ1) is 21.7. The summed E-state index contributed by atoms with van der Waals surface area (Å²) in [6.45, 7) is 25.0. The Bertz CT molecular complexity index is 602. The van der Waals surface area contributed by atoms with Gasteiger partial charge in [0.15, 0.2) is 11.2 Å². The average molecular weight is 343 g/mol. The molecule has 0 spiro atoms. The molecule has 0 saturated heterocycles. The Balaban J connectivity index is 3.83. The highest BCUT2D eigenvalue weighted by Crippen LogP contribution is 2.47. The molecule has 25 heavy (non-hydrogen) atoms. The third-order valence-electron chi connectivity index (χ3n) is 6.78. The van der Waals surface area contributed by atoms with E-state index in [1.807, 2.05) is 0 Å². The molecule has 2 unspecified atom stereocenters. The number of nitrogens with zero attached hydrogens (tertiary/aromatic N) is 1. The van der Waals surface area contributed by atoms with Crippen LogP contribution < -0.4 is 0 Å². The lowest BCUT2D eigenvalue weighted by Gasteiger charge is -2.45. The van der Waals surface area contributed by atoms with Crippen molar-refractivity contribution in [2.24, 2.45) is 5.41 Å². The predicted molar refractivity (Wildman–Crippen MR) is 113 cm³/mol. The van der Waals surface area contributed by atoms with Crippen molar-refractivity contribution in [1.82, 2.24) is 0 Å². The molecule has 0 N–H and O–H groups in total. The largest absolute Gasteiger partial charge is 0.208 e. The molecule has 0 fully saturated rings. The number of hydrogen-bond donors (Lipinski definition) is 0. The SMILES string of the molecule is C=C(CC)[N+](=C1C=CCCC1=CC)C(C)(CC)C(C)(CC)C(=C)CC. The van der Waals surface area contributed by atoms with Crippen LogP contribution in [0.5, 0.6) is 0 Å². The lowest BCUT2D eigenvalue weighted by Crippen LogP contribution is -2.54. The van der Waals surface area contributed by atoms with Crippen molar-refractivity contribution in [3.8, 4) is 0 Å². The predicted octanol–water partition coefficient (Wildman–Crippen LogP) is 7.21. The van der Waals surface area contributed by atoms with Gasteiger partial charge < -0.3 is 0 Å². The molecule has 0 heterocycles. The first-order chi connectivity index (χ1) is 11.8. The van der Waals surface area contributed by atoms with Gasteiger partial charge in [-0.15, -0.1) is 0 Å². The van der Waals surface area contributed by atoms with Crippen LogP contribution in [0.25, 0.3) is 0 Å². The fourth-order valence-electron chi connectivity index (χ4n) is 4.32. The molecule has 0 radical (unpaired) electrons. The van der Waals surface area contributed by atoms with Crippen LogP contribution in [0.2, 0.25) is 0 Å².